The molecule has 2 aromatic rings. The maximum Gasteiger partial charge on any atom is 0.238 e. The molecule has 1 atom stereocenters. The van der Waals surface area contributed by atoms with Crippen molar-refractivity contribution in [3.63, 3.8) is 0 Å². The smallest absolute Gasteiger partial charge is 0.238 e. The minimum Gasteiger partial charge on any atom is -0.326 e. The van der Waals surface area contributed by atoms with Gasteiger partial charge in [0.2, 0.25) is 11.8 Å². The predicted molar refractivity (Wildman–Crippen MR) is 98.5 cm³/mol. The molecule has 3 rings (SSSR count). The molecule has 24 heavy (non-hydrogen) atoms. The van der Waals surface area contributed by atoms with Crippen LogP contribution in [0.3, 0.4) is 0 Å². The number of carbonyl (C=O) groups excluding carboxylic acids is 2. The topological polar surface area (TPSA) is 58.2 Å². The summed E-state index contributed by atoms with van der Waals surface area (Å²) in [6.07, 6.45) is 0.150. The number of hydrogen-bond donors (Lipinski definition) is 2. The number of fused-ring (bicyclic) bond motifs is 1. The summed E-state index contributed by atoms with van der Waals surface area (Å²) >= 11 is 1.44. The van der Waals surface area contributed by atoms with Crippen LogP contribution in [0.15, 0.2) is 53.4 Å². The number of hydrogen-bond acceptors (Lipinski definition) is 3. The van der Waals surface area contributed by atoms with E-state index >= 15 is 0 Å². The zero-order valence-corrected chi connectivity index (χ0v) is 14.5. The lowest BCUT2D eigenvalue weighted by atomic mass is 10.0. The number of benzene rings is 2. The number of amides is 2. The van der Waals surface area contributed by atoms with Crippen molar-refractivity contribution in [3.05, 3.63) is 54.1 Å². The number of rotatable bonds is 4. The zero-order chi connectivity index (χ0) is 17.1. The SMILES string of the molecule is CC(C)c1cccc(NC(=O)C[C@H]2Sc3ccccc3NC2=O)c1. The summed E-state index contributed by atoms with van der Waals surface area (Å²) < 4.78 is 0. The number of para-hydroxylation sites is 1. The molecule has 1 heterocycles. The van der Waals surface area contributed by atoms with Crippen molar-refractivity contribution in [1.29, 1.82) is 0 Å². The van der Waals surface area contributed by atoms with Crippen LogP contribution in [0, 0.1) is 0 Å². The summed E-state index contributed by atoms with van der Waals surface area (Å²) in [7, 11) is 0. The highest BCUT2D eigenvalue weighted by atomic mass is 32.2. The van der Waals surface area contributed by atoms with Crippen molar-refractivity contribution < 1.29 is 9.59 Å². The van der Waals surface area contributed by atoms with Crippen molar-refractivity contribution in [2.45, 2.75) is 36.3 Å². The fraction of sp³-hybridized carbons (Fsp3) is 0.263. The van der Waals surface area contributed by atoms with Crippen LogP contribution < -0.4 is 10.6 Å². The molecule has 0 saturated carbocycles. The molecular weight excluding hydrogens is 320 g/mol. The Labute approximate surface area is 146 Å². The van der Waals surface area contributed by atoms with Gasteiger partial charge in [-0.3, -0.25) is 9.59 Å². The van der Waals surface area contributed by atoms with Crippen LogP contribution in [0.5, 0.6) is 0 Å². The van der Waals surface area contributed by atoms with Crippen LogP contribution in [0.1, 0.15) is 31.7 Å². The molecule has 1 aliphatic heterocycles. The van der Waals surface area contributed by atoms with Gasteiger partial charge in [0, 0.05) is 17.0 Å². The highest BCUT2D eigenvalue weighted by Gasteiger charge is 2.28. The van der Waals surface area contributed by atoms with Gasteiger partial charge in [0.15, 0.2) is 0 Å². The lowest BCUT2D eigenvalue weighted by Gasteiger charge is -2.23. The molecule has 0 aromatic heterocycles. The van der Waals surface area contributed by atoms with Gasteiger partial charge in [-0.15, -0.1) is 11.8 Å². The summed E-state index contributed by atoms with van der Waals surface area (Å²) in [5.74, 6) is 0.130. The van der Waals surface area contributed by atoms with E-state index in [-0.39, 0.29) is 18.2 Å². The van der Waals surface area contributed by atoms with E-state index in [9.17, 15) is 9.59 Å². The lowest BCUT2D eigenvalue weighted by Crippen LogP contribution is -2.32. The Bertz CT molecular complexity index is 773. The third kappa shape index (κ3) is 3.79. The molecule has 0 radical (unpaired) electrons. The van der Waals surface area contributed by atoms with E-state index in [1.807, 2.05) is 48.5 Å². The van der Waals surface area contributed by atoms with Gasteiger partial charge in [0.05, 0.1) is 10.9 Å². The molecule has 0 unspecified atom stereocenters. The molecular formula is C19H20N2O2S. The first-order valence-corrected chi connectivity index (χ1v) is 8.87. The van der Waals surface area contributed by atoms with Gasteiger partial charge < -0.3 is 10.6 Å². The lowest BCUT2D eigenvalue weighted by molar-refractivity contribution is -0.120. The first-order chi connectivity index (χ1) is 11.5. The number of thioether (sulfide) groups is 1. The molecule has 0 spiro atoms. The number of nitrogens with one attached hydrogen (secondary N) is 2. The average molecular weight is 340 g/mol. The van der Waals surface area contributed by atoms with Crippen LogP contribution in [0.25, 0.3) is 0 Å². The van der Waals surface area contributed by atoms with Gasteiger partial charge in [-0.2, -0.15) is 0 Å². The van der Waals surface area contributed by atoms with Crippen LogP contribution >= 0.6 is 11.8 Å². The Balaban J connectivity index is 1.65. The highest BCUT2D eigenvalue weighted by Crippen LogP contribution is 2.36. The van der Waals surface area contributed by atoms with Gasteiger partial charge >= 0.3 is 0 Å². The summed E-state index contributed by atoms with van der Waals surface area (Å²) in [6.45, 7) is 4.22. The van der Waals surface area contributed by atoms with E-state index in [1.54, 1.807) is 0 Å². The molecule has 0 aliphatic carbocycles. The Morgan fingerprint density at radius 3 is 2.79 bits per heavy atom. The molecule has 5 heteroatoms. The van der Waals surface area contributed by atoms with Gasteiger partial charge in [-0.1, -0.05) is 38.1 Å². The predicted octanol–water partition coefficient (Wildman–Crippen LogP) is 4.25. The average Bonchev–Trinajstić information content (AvgIpc) is 2.55. The molecule has 4 nitrogen and oxygen atoms in total. The second kappa shape index (κ2) is 7.09. The van der Waals surface area contributed by atoms with Gasteiger partial charge in [0.1, 0.15) is 0 Å². The fourth-order valence-electron chi connectivity index (χ4n) is 2.58. The second-order valence-corrected chi connectivity index (χ2v) is 7.37. The molecule has 124 valence electrons. The Kier molecular flexibility index (Phi) is 4.90. The zero-order valence-electron chi connectivity index (χ0n) is 13.7. The first kappa shape index (κ1) is 16.6. The van der Waals surface area contributed by atoms with E-state index in [2.05, 4.69) is 24.5 Å². The molecule has 2 N–H and O–H groups in total. The summed E-state index contributed by atoms with van der Waals surface area (Å²) in [4.78, 5) is 25.5. The van der Waals surface area contributed by atoms with Gasteiger partial charge in [-0.25, -0.2) is 0 Å². The summed E-state index contributed by atoms with van der Waals surface area (Å²) in [6, 6.07) is 15.5. The molecule has 2 aromatic carbocycles. The van der Waals surface area contributed by atoms with E-state index in [0.717, 1.165) is 16.3 Å². The molecule has 0 fully saturated rings. The minimum atomic E-state index is -0.409. The van der Waals surface area contributed by atoms with Crippen LogP contribution in [-0.2, 0) is 9.59 Å². The molecule has 0 bridgehead atoms. The minimum absolute atomic E-state index is 0.121. The van der Waals surface area contributed by atoms with Crippen LogP contribution in [0.4, 0.5) is 11.4 Å². The molecule has 0 saturated heterocycles. The third-order valence-corrected chi connectivity index (χ3v) is 5.19. The molecule has 2 amide bonds. The van der Waals surface area contributed by atoms with Crippen LogP contribution in [-0.4, -0.2) is 17.1 Å². The van der Waals surface area contributed by atoms with Crippen molar-refractivity contribution in [2.75, 3.05) is 10.6 Å². The summed E-state index contributed by atoms with van der Waals surface area (Å²) in [5.41, 5.74) is 2.76. The maximum atomic E-state index is 12.3. The van der Waals surface area contributed by atoms with Crippen molar-refractivity contribution >= 4 is 35.0 Å². The quantitative estimate of drug-likeness (QED) is 0.875. The molecule has 1 aliphatic rings. The second-order valence-electron chi connectivity index (χ2n) is 6.12. The maximum absolute atomic E-state index is 12.3. The van der Waals surface area contributed by atoms with Gasteiger partial charge in [0.25, 0.3) is 0 Å². The van der Waals surface area contributed by atoms with Crippen molar-refractivity contribution in [2.24, 2.45) is 0 Å². The van der Waals surface area contributed by atoms with E-state index in [1.165, 1.54) is 17.3 Å². The van der Waals surface area contributed by atoms with E-state index in [4.69, 9.17) is 0 Å². The van der Waals surface area contributed by atoms with Crippen molar-refractivity contribution in [1.82, 2.24) is 0 Å². The Morgan fingerprint density at radius 1 is 1.21 bits per heavy atom. The number of anilines is 2. The monoisotopic (exact) mass is 340 g/mol. The summed E-state index contributed by atoms with van der Waals surface area (Å²) in [5, 5.41) is 5.35. The third-order valence-electron chi connectivity index (χ3n) is 3.91. The number of carbonyl (C=O) groups is 2. The first-order valence-electron chi connectivity index (χ1n) is 7.99. The van der Waals surface area contributed by atoms with Crippen LogP contribution in [0.2, 0.25) is 0 Å². The Hall–Kier alpha value is -2.27. The van der Waals surface area contributed by atoms with Gasteiger partial charge in [-0.05, 0) is 35.7 Å². The highest BCUT2D eigenvalue weighted by molar-refractivity contribution is 8.01. The van der Waals surface area contributed by atoms with E-state index in [0.29, 0.717) is 5.92 Å². The van der Waals surface area contributed by atoms with Crippen molar-refractivity contribution in [3.8, 4) is 0 Å². The normalized spacial score (nSPS) is 16.5. The largest absolute Gasteiger partial charge is 0.326 e. The van der Waals surface area contributed by atoms with E-state index < -0.39 is 5.25 Å². The fourth-order valence-corrected chi connectivity index (χ4v) is 3.69. The standard InChI is InChI=1S/C19H20N2O2S/c1-12(2)13-6-5-7-14(10-13)20-18(22)11-17-19(23)21-15-8-3-4-9-16(15)24-17/h3-10,12,17H,11H2,1-2H3,(H,20,22)(H,21,23)/t17-/m1/s1. The Morgan fingerprint density at radius 2 is 2.00 bits per heavy atom.